The number of methoxy groups -OCH3 is 1. The van der Waals surface area contributed by atoms with E-state index in [0.29, 0.717) is 17.2 Å². The predicted octanol–water partition coefficient (Wildman–Crippen LogP) is 3.59. The van der Waals surface area contributed by atoms with Gasteiger partial charge in [-0.2, -0.15) is 0 Å². The molecule has 0 saturated heterocycles. The van der Waals surface area contributed by atoms with Crippen molar-refractivity contribution in [3.8, 4) is 11.5 Å². The summed E-state index contributed by atoms with van der Waals surface area (Å²) in [5.41, 5.74) is 0.112. The zero-order valence-electron chi connectivity index (χ0n) is 14.6. The van der Waals surface area contributed by atoms with Crippen molar-refractivity contribution in [3.63, 3.8) is 0 Å². The highest BCUT2D eigenvalue weighted by molar-refractivity contribution is 6.32. The van der Waals surface area contributed by atoms with Gasteiger partial charge in [-0.25, -0.2) is 9.18 Å². The second-order valence-electron chi connectivity index (χ2n) is 5.62. The lowest BCUT2D eigenvalue weighted by molar-refractivity contribution is -0.142. The van der Waals surface area contributed by atoms with Gasteiger partial charge in [-0.15, -0.1) is 0 Å². The molecule has 2 aromatic carbocycles. The largest absolute Gasteiger partial charge is 0.494 e. The minimum Gasteiger partial charge on any atom is -0.494 e. The van der Waals surface area contributed by atoms with Crippen molar-refractivity contribution in [2.24, 2.45) is 0 Å². The Morgan fingerprint density at radius 3 is 2.59 bits per heavy atom. The fourth-order valence-electron chi connectivity index (χ4n) is 2.36. The SMILES string of the molecule is COc1ccc(C(NC(=O)CCCOc2ccccc2Cl)C(=O)O)cc1F. The molecule has 6 nitrogen and oxygen atoms in total. The van der Waals surface area contributed by atoms with Gasteiger partial charge >= 0.3 is 5.97 Å². The molecule has 0 aliphatic carbocycles. The molecule has 1 unspecified atom stereocenters. The molecule has 0 saturated carbocycles. The maximum absolute atomic E-state index is 13.8. The van der Waals surface area contributed by atoms with E-state index < -0.39 is 23.7 Å². The average molecular weight is 396 g/mol. The van der Waals surface area contributed by atoms with Crippen LogP contribution in [0.15, 0.2) is 42.5 Å². The zero-order chi connectivity index (χ0) is 19.8. The van der Waals surface area contributed by atoms with E-state index in [-0.39, 0.29) is 24.3 Å². The van der Waals surface area contributed by atoms with Crippen molar-refractivity contribution in [1.82, 2.24) is 5.32 Å². The van der Waals surface area contributed by atoms with Gasteiger partial charge in [-0.05, 0) is 36.2 Å². The van der Waals surface area contributed by atoms with Crippen LogP contribution >= 0.6 is 11.6 Å². The highest BCUT2D eigenvalue weighted by Gasteiger charge is 2.23. The molecule has 8 heteroatoms. The Balaban J connectivity index is 1.89. The summed E-state index contributed by atoms with van der Waals surface area (Å²) in [5.74, 6) is -1.98. The molecule has 1 amide bonds. The highest BCUT2D eigenvalue weighted by Crippen LogP contribution is 2.24. The molecule has 2 N–H and O–H groups in total. The second-order valence-corrected chi connectivity index (χ2v) is 6.02. The fourth-order valence-corrected chi connectivity index (χ4v) is 2.55. The number of benzene rings is 2. The topological polar surface area (TPSA) is 84.9 Å². The number of hydrogen-bond acceptors (Lipinski definition) is 4. The van der Waals surface area contributed by atoms with E-state index in [4.69, 9.17) is 21.1 Å². The Hall–Kier alpha value is -2.80. The third kappa shape index (κ3) is 5.86. The molecule has 0 heterocycles. The molecular formula is C19H19ClFNO5. The van der Waals surface area contributed by atoms with Crippen LogP contribution in [0.25, 0.3) is 0 Å². The standard InChI is InChI=1S/C19H19ClFNO5/c1-26-16-9-8-12(11-14(16)21)18(19(24)25)22-17(23)7-4-10-27-15-6-3-2-5-13(15)20/h2-3,5-6,8-9,11,18H,4,7,10H2,1H3,(H,22,23)(H,24,25). The number of nitrogens with one attached hydrogen (secondary N) is 1. The maximum Gasteiger partial charge on any atom is 0.330 e. The smallest absolute Gasteiger partial charge is 0.330 e. The molecule has 2 aromatic rings. The number of amides is 1. The van der Waals surface area contributed by atoms with Gasteiger partial charge in [0.1, 0.15) is 5.75 Å². The number of carboxylic acid groups (broad SMARTS) is 1. The second kappa shape index (κ2) is 9.78. The lowest BCUT2D eigenvalue weighted by Gasteiger charge is -2.16. The van der Waals surface area contributed by atoms with Gasteiger partial charge < -0.3 is 19.9 Å². The van der Waals surface area contributed by atoms with Gasteiger partial charge in [0.2, 0.25) is 5.91 Å². The lowest BCUT2D eigenvalue weighted by Crippen LogP contribution is -2.33. The van der Waals surface area contributed by atoms with E-state index in [9.17, 15) is 19.1 Å². The zero-order valence-corrected chi connectivity index (χ0v) is 15.3. The average Bonchev–Trinajstić information content (AvgIpc) is 2.64. The van der Waals surface area contributed by atoms with Crippen molar-refractivity contribution in [1.29, 1.82) is 0 Å². The van der Waals surface area contributed by atoms with Gasteiger partial charge in [0.25, 0.3) is 0 Å². The number of halogens is 2. The molecule has 0 radical (unpaired) electrons. The molecule has 2 rings (SSSR count). The summed E-state index contributed by atoms with van der Waals surface area (Å²) in [5, 5.41) is 12.2. The highest BCUT2D eigenvalue weighted by atomic mass is 35.5. The Bertz CT molecular complexity index is 814. The molecule has 0 fully saturated rings. The summed E-state index contributed by atoms with van der Waals surface area (Å²) >= 11 is 5.96. The van der Waals surface area contributed by atoms with E-state index in [0.717, 1.165) is 6.07 Å². The summed E-state index contributed by atoms with van der Waals surface area (Å²) < 4.78 is 24.1. The van der Waals surface area contributed by atoms with E-state index in [1.165, 1.54) is 19.2 Å². The summed E-state index contributed by atoms with van der Waals surface area (Å²) in [7, 11) is 1.30. The Kier molecular flexibility index (Phi) is 7.43. The Morgan fingerprint density at radius 2 is 1.96 bits per heavy atom. The molecule has 0 aliphatic rings. The molecular weight excluding hydrogens is 377 g/mol. The summed E-state index contributed by atoms with van der Waals surface area (Å²) in [6.45, 7) is 0.242. The van der Waals surface area contributed by atoms with Crippen molar-refractivity contribution in [3.05, 3.63) is 58.9 Å². The van der Waals surface area contributed by atoms with Crippen LogP contribution in [-0.2, 0) is 9.59 Å². The normalized spacial score (nSPS) is 11.5. The first-order chi connectivity index (χ1) is 12.9. The molecule has 1 atom stereocenters. The van der Waals surface area contributed by atoms with Crippen molar-refractivity contribution in [2.45, 2.75) is 18.9 Å². The third-order valence-electron chi connectivity index (χ3n) is 3.70. The van der Waals surface area contributed by atoms with Crippen LogP contribution in [0.3, 0.4) is 0 Å². The number of carboxylic acids is 1. The molecule has 0 aromatic heterocycles. The fraction of sp³-hybridized carbons (Fsp3) is 0.263. The molecule has 0 spiro atoms. The number of hydrogen-bond donors (Lipinski definition) is 2. The number of rotatable bonds is 9. The Labute approximate surface area is 160 Å². The first kappa shape index (κ1) is 20.5. The summed E-state index contributed by atoms with van der Waals surface area (Å²) in [4.78, 5) is 23.5. The van der Waals surface area contributed by atoms with Crippen LogP contribution in [-0.4, -0.2) is 30.7 Å². The lowest BCUT2D eigenvalue weighted by atomic mass is 10.1. The molecule has 27 heavy (non-hydrogen) atoms. The minimum atomic E-state index is -1.36. The van der Waals surface area contributed by atoms with Crippen LogP contribution in [0.2, 0.25) is 5.02 Å². The number of para-hydroxylation sites is 1. The van der Waals surface area contributed by atoms with Crippen LogP contribution in [0, 0.1) is 5.82 Å². The maximum atomic E-state index is 13.8. The number of ether oxygens (including phenoxy) is 2. The first-order valence-electron chi connectivity index (χ1n) is 8.15. The van der Waals surface area contributed by atoms with Crippen LogP contribution in [0.1, 0.15) is 24.4 Å². The predicted molar refractivity (Wildman–Crippen MR) is 97.7 cm³/mol. The van der Waals surface area contributed by atoms with Crippen LogP contribution in [0.5, 0.6) is 11.5 Å². The summed E-state index contributed by atoms with van der Waals surface area (Å²) in [6.07, 6.45) is 0.410. The summed E-state index contributed by atoms with van der Waals surface area (Å²) in [6, 6.07) is 9.32. The van der Waals surface area contributed by atoms with Crippen LogP contribution in [0.4, 0.5) is 4.39 Å². The number of carbonyl (C=O) groups excluding carboxylic acids is 1. The number of carbonyl (C=O) groups is 2. The van der Waals surface area contributed by atoms with Crippen LogP contribution < -0.4 is 14.8 Å². The van der Waals surface area contributed by atoms with Gasteiger partial charge in [-0.3, -0.25) is 4.79 Å². The van der Waals surface area contributed by atoms with Crippen molar-refractivity contribution in [2.75, 3.05) is 13.7 Å². The first-order valence-corrected chi connectivity index (χ1v) is 8.53. The van der Waals surface area contributed by atoms with Crippen molar-refractivity contribution >= 4 is 23.5 Å². The van der Waals surface area contributed by atoms with E-state index in [1.807, 2.05) is 0 Å². The monoisotopic (exact) mass is 395 g/mol. The molecule has 0 aliphatic heterocycles. The Morgan fingerprint density at radius 1 is 1.22 bits per heavy atom. The van der Waals surface area contributed by atoms with Gasteiger partial charge in [0, 0.05) is 6.42 Å². The van der Waals surface area contributed by atoms with E-state index in [1.54, 1.807) is 24.3 Å². The van der Waals surface area contributed by atoms with Gasteiger partial charge in [0.05, 0.1) is 18.7 Å². The quantitative estimate of drug-likeness (QED) is 0.634. The third-order valence-corrected chi connectivity index (χ3v) is 4.02. The van der Waals surface area contributed by atoms with Crippen molar-refractivity contribution < 1.29 is 28.6 Å². The van der Waals surface area contributed by atoms with Gasteiger partial charge in [-0.1, -0.05) is 29.8 Å². The van der Waals surface area contributed by atoms with Gasteiger partial charge in [0.15, 0.2) is 17.6 Å². The molecule has 0 bridgehead atoms. The molecule has 144 valence electrons. The van der Waals surface area contributed by atoms with E-state index in [2.05, 4.69) is 5.32 Å². The number of aliphatic carboxylic acids is 1. The van der Waals surface area contributed by atoms with E-state index >= 15 is 0 Å². The minimum absolute atomic E-state index is 0.00839.